The number of nitrogens with zero attached hydrogens (tertiary/aromatic N) is 2. The minimum absolute atomic E-state index is 0.0853. The van der Waals surface area contributed by atoms with Gasteiger partial charge < -0.3 is 10.8 Å². The van der Waals surface area contributed by atoms with Gasteiger partial charge in [0.25, 0.3) is 10.1 Å². The molecule has 3 aromatic rings. The van der Waals surface area contributed by atoms with E-state index in [1.54, 1.807) is 36.4 Å². The van der Waals surface area contributed by atoms with Crippen molar-refractivity contribution in [1.29, 1.82) is 0 Å². The highest BCUT2D eigenvalue weighted by Gasteiger charge is 2.22. The first-order chi connectivity index (χ1) is 11.4. The van der Waals surface area contributed by atoms with Crippen LogP contribution in [0.4, 0.5) is 17.1 Å². The van der Waals surface area contributed by atoms with Crippen LogP contribution in [0.15, 0.2) is 69.7 Å². The van der Waals surface area contributed by atoms with E-state index in [2.05, 4.69) is 10.2 Å². The van der Waals surface area contributed by atoms with Crippen LogP contribution in [0, 0.1) is 0 Å². The molecule has 4 N–H and O–H groups in total. The number of phenols is 1. The topological polar surface area (TPSA) is 125 Å². The Balaban J connectivity index is 2.30. The van der Waals surface area contributed by atoms with E-state index < -0.39 is 15.0 Å². The molecule has 24 heavy (non-hydrogen) atoms. The van der Waals surface area contributed by atoms with Gasteiger partial charge in [0.1, 0.15) is 16.3 Å². The molecular formula is C16H13N3O4S. The average molecular weight is 343 g/mol. The van der Waals surface area contributed by atoms with Gasteiger partial charge in [0.2, 0.25) is 0 Å². The number of fused-ring (bicyclic) bond motifs is 1. The lowest BCUT2D eigenvalue weighted by molar-refractivity contribution is 0.480. The van der Waals surface area contributed by atoms with E-state index in [4.69, 9.17) is 5.73 Å². The fourth-order valence-corrected chi connectivity index (χ4v) is 3.01. The van der Waals surface area contributed by atoms with Gasteiger partial charge >= 0.3 is 0 Å². The van der Waals surface area contributed by atoms with Crippen LogP contribution in [0.2, 0.25) is 0 Å². The summed E-state index contributed by atoms with van der Waals surface area (Å²) in [6.45, 7) is 0. The Kier molecular flexibility index (Phi) is 3.92. The van der Waals surface area contributed by atoms with Gasteiger partial charge in [-0.1, -0.05) is 30.3 Å². The quantitative estimate of drug-likeness (QED) is 0.379. The van der Waals surface area contributed by atoms with E-state index in [1.807, 2.05) is 0 Å². The van der Waals surface area contributed by atoms with Crippen molar-refractivity contribution >= 4 is 38.0 Å². The molecule has 0 bridgehead atoms. The van der Waals surface area contributed by atoms with Crippen molar-refractivity contribution in [3.63, 3.8) is 0 Å². The van der Waals surface area contributed by atoms with Gasteiger partial charge in [0.05, 0.1) is 11.4 Å². The Labute approximate surface area is 137 Å². The number of hydrogen-bond donors (Lipinski definition) is 3. The summed E-state index contributed by atoms with van der Waals surface area (Å²) in [6.07, 6.45) is 0. The van der Waals surface area contributed by atoms with Crippen molar-refractivity contribution in [1.82, 2.24) is 0 Å². The average Bonchev–Trinajstić information content (AvgIpc) is 2.54. The molecule has 0 spiro atoms. The minimum atomic E-state index is -4.58. The highest BCUT2D eigenvalue weighted by molar-refractivity contribution is 7.86. The van der Waals surface area contributed by atoms with E-state index in [9.17, 15) is 18.1 Å². The lowest BCUT2D eigenvalue weighted by Crippen LogP contribution is -2.01. The minimum Gasteiger partial charge on any atom is -0.507 e. The summed E-state index contributed by atoms with van der Waals surface area (Å²) in [6, 6.07) is 14.3. The molecule has 0 aliphatic heterocycles. The van der Waals surface area contributed by atoms with Gasteiger partial charge in [0.15, 0.2) is 0 Å². The third kappa shape index (κ3) is 2.92. The second kappa shape index (κ2) is 5.91. The molecule has 0 atom stereocenters. The largest absolute Gasteiger partial charge is 0.507 e. The van der Waals surface area contributed by atoms with Crippen LogP contribution in [0.5, 0.6) is 5.75 Å². The molecule has 0 unspecified atom stereocenters. The molecule has 7 nitrogen and oxygen atoms in total. The maximum Gasteiger partial charge on any atom is 0.296 e. The summed E-state index contributed by atoms with van der Waals surface area (Å²) in [4.78, 5) is -0.474. The summed E-state index contributed by atoms with van der Waals surface area (Å²) < 4.78 is 32.8. The van der Waals surface area contributed by atoms with Crippen LogP contribution in [0.3, 0.4) is 0 Å². The molecule has 0 aliphatic carbocycles. The van der Waals surface area contributed by atoms with Crippen molar-refractivity contribution in [3.8, 4) is 5.75 Å². The van der Waals surface area contributed by atoms with E-state index in [0.717, 1.165) is 0 Å². The smallest absolute Gasteiger partial charge is 0.296 e. The Hall–Kier alpha value is -2.97. The van der Waals surface area contributed by atoms with E-state index in [-0.39, 0.29) is 22.5 Å². The fourth-order valence-electron chi connectivity index (χ4n) is 2.33. The first-order valence-corrected chi connectivity index (χ1v) is 8.30. The number of hydrogen-bond acceptors (Lipinski definition) is 6. The normalized spacial score (nSPS) is 12.0. The van der Waals surface area contributed by atoms with E-state index in [0.29, 0.717) is 11.1 Å². The Morgan fingerprint density at radius 2 is 1.67 bits per heavy atom. The van der Waals surface area contributed by atoms with Gasteiger partial charge in [-0.3, -0.25) is 4.55 Å². The Morgan fingerprint density at radius 1 is 0.958 bits per heavy atom. The maximum atomic E-state index is 11.7. The zero-order valence-electron chi connectivity index (χ0n) is 12.3. The zero-order valence-corrected chi connectivity index (χ0v) is 13.1. The maximum absolute atomic E-state index is 11.7. The van der Waals surface area contributed by atoms with Crippen molar-refractivity contribution in [2.24, 2.45) is 10.2 Å². The molecule has 0 aliphatic rings. The number of nitrogens with two attached hydrogens (primary N) is 1. The van der Waals surface area contributed by atoms with Gasteiger partial charge in [0, 0.05) is 5.39 Å². The summed E-state index contributed by atoms with van der Waals surface area (Å²) in [7, 11) is -4.58. The second-order valence-electron chi connectivity index (χ2n) is 5.02. The molecular weight excluding hydrogens is 330 g/mol. The van der Waals surface area contributed by atoms with Crippen LogP contribution < -0.4 is 5.73 Å². The molecule has 0 saturated carbocycles. The van der Waals surface area contributed by atoms with Crippen LogP contribution in [-0.2, 0) is 10.1 Å². The van der Waals surface area contributed by atoms with Gasteiger partial charge in [-0.15, -0.1) is 5.11 Å². The van der Waals surface area contributed by atoms with Crippen LogP contribution in [-0.4, -0.2) is 18.1 Å². The monoisotopic (exact) mass is 343 g/mol. The van der Waals surface area contributed by atoms with Crippen LogP contribution in [0.25, 0.3) is 10.8 Å². The summed E-state index contributed by atoms with van der Waals surface area (Å²) in [5, 5.41) is 18.4. The third-order valence-electron chi connectivity index (χ3n) is 3.42. The van der Waals surface area contributed by atoms with Gasteiger partial charge in [-0.05, 0) is 29.7 Å². The molecule has 0 amide bonds. The SMILES string of the molecule is Nc1c(N=Nc2ccccc2)c(S(=O)(=O)O)cc2cccc(O)c12. The molecule has 3 rings (SSSR count). The molecule has 3 aromatic carbocycles. The fraction of sp³-hybridized carbons (Fsp3) is 0. The van der Waals surface area contributed by atoms with Crippen molar-refractivity contribution in [2.45, 2.75) is 4.90 Å². The Morgan fingerprint density at radius 3 is 2.33 bits per heavy atom. The van der Waals surface area contributed by atoms with Crippen LogP contribution >= 0.6 is 0 Å². The van der Waals surface area contributed by atoms with E-state index >= 15 is 0 Å². The predicted octanol–water partition coefficient (Wildman–Crippen LogP) is 3.79. The summed E-state index contributed by atoms with van der Waals surface area (Å²) >= 11 is 0. The first kappa shape index (κ1) is 15.9. The van der Waals surface area contributed by atoms with Crippen molar-refractivity contribution < 1.29 is 18.1 Å². The number of phenolic OH excluding ortho intramolecular Hbond substituents is 1. The molecule has 0 radical (unpaired) electrons. The second-order valence-corrected chi connectivity index (χ2v) is 6.41. The molecule has 8 heteroatoms. The number of aromatic hydroxyl groups is 1. The third-order valence-corrected chi connectivity index (χ3v) is 4.29. The van der Waals surface area contributed by atoms with Gasteiger partial charge in [-0.2, -0.15) is 13.5 Å². The zero-order chi connectivity index (χ0) is 17.3. The summed E-state index contributed by atoms with van der Waals surface area (Å²) in [5.41, 5.74) is 6.16. The number of azo groups is 1. The molecule has 0 aromatic heterocycles. The van der Waals surface area contributed by atoms with Crippen molar-refractivity contribution in [2.75, 3.05) is 5.73 Å². The number of anilines is 1. The highest BCUT2D eigenvalue weighted by atomic mass is 32.2. The van der Waals surface area contributed by atoms with Crippen molar-refractivity contribution in [3.05, 3.63) is 54.6 Å². The number of nitrogen functional groups attached to an aromatic ring is 1. The molecule has 0 fully saturated rings. The molecule has 122 valence electrons. The van der Waals surface area contributed by atoms with Crippen LogP contribution in [0.1, 0.15) is 0 Å². The Bertz CT molecular complexity index is 1050. The van der Waals surface area contributed by atoms with E-state index in [1.165, 1.54) is 18.2 Å². The number of rotatable bonds is 3. The first-order valence-electron chi connectivity index (χ1n) is 6.86. The lowest BCUT2D eigenvalue weighted by atomic mass is 10.1. The lowest BCUT2D eigenvalue weighted by Gasteiger charge is -2.10. The predicted molar refractivity (Wildman–Crippen MR) is 90.5 cm³/mol. The highest BCUT2D eigenvalue weighted by Crippen LogP contribution is 2.41. The molecule has 0 saturated heterocycles. The molecule has 0 heterocycles. The standard InChI is InChI=1S/C16H13N3O4S/c17-15-14-10(5-4-8-12(14)20)9-13(24(21,22)23)16(15)19-18-11-6-2-1-3-7-11/h1-9,20H,17H2,(H,21,22,23). The number of benzene rings is 3. The summed E-state index contributed by atoms with van der Waals surface area (Å²) in [5.74, 6) is -0.122. The van der Waals surface area contributed by atoms with Gasteiger partial charge in [-0.25, -0.2) is 0 Å².